The fourth-order valence-corrected chi connectivity index (χ4v) is 7.15. The lowest BCUT2D eigenvalue weighted by molar-refractivity contribution is -0.167. The molecular formula is C59H98O6. The Morgan fingerprint density at radius 3 is 1.14 bits per heavy atom. The Morgan fingerprint density at radius 1 is 0.338 bits per heavy atom. The minimum atomic E-state index is -0.797. The lowest BCUT2D eigenvalue weighted by Gasteiger charge is -2.18. The van der Waals surface area contributed by atoms with E-state index >= 15 is 0 Å². The molecule has 0 aliphatic heterocycles. The largest absolute Gasteiger partial charge is 0.462 e. The molecule has 0 aliphatic rings. The predicted octanol–water partition coefficient (Wildman–Crippen LogP) is 17.8. The third kappa shape index (κ3) is 51.2. The third-order valence-corrected chi connectivity index (χ3v) is 11.2. The van der Waals surface area contributed by atoms with Crippen LogP contribution in [0.2, 0.25) is 0 Å². The van der Waals surface area contributed by atoms with Crippen LogP contribution in [0.1, 0.15) is 239 Å². The van der Waals surface area contributed by atoms with Gasteiger partial charge in [0, 0.05) is 19.3 Å². The van der Waals surface area contributed by atoms with Gasteiger partial charge in [-0.2, -0.15) is 0 Å². The monoisotopic (exact) mass is 903 g/mol. The molecule has 1 atom stereocenters. The molecule has 6 heteroatoms. The van der Waals surface area contributed by atoms with Crippen molar-refractivity contribution in [2.75, 3.05) is 13.2 Å². The van der Waals surface area contributed by atoms with Crippen molar-refractivity contribution in [3.05, 3.63) is 97.2 Å². The summed E-state index contributed by atoms with van der Waals surface area (Å²) in [5, 5.41) is 0. The Bertz CT molecular complexity index is 1310. The van der Waals surface area contributed by atoms with E-state index < -0.39 is 6.10 Å². The summed E-state index contributed by atoms with van der Waals surface area (Å²) < 4.78 is 16.8. The van der Waals surface area contributed by atoms with E-state index in [-0.39, 0.29) is 31.1 Å². The molecule has 0 amide bonds. The number of carbonyl (C=O) groups is 3. The second kappa shape index (κ2) is 52.9. The van der Waals surface area contributed by atoms with Crippen molar-refractivity contribution in [2.45, 2.75) is 245 Å². The van der Waals surface area contributed by atoms with E-state index in [1.807, 2.05) is 24.3 Å². The second-order valence-corrected chi connectivity index (χ2v) is 17.5. The molecule has 0 spiro atoms. The molecule has 0 aromatic carbocycles. The molecule has 370 valence electrons. The van der Waals surface area contributed by atoms with Crippen molar-refractivity contribution >= 4 is 17.9 Å². The van der Waals surface area contributed by atoms with Crippen LogP contribution in [0, 0.1) is 0 Å². The van der Waals surface area contributed by atoms with Crippen LogP contribution in [0.3, 0.4) is 0 Å². The number of rotatable bonds is 47. The smallest absolute Gasteiger partial charge is 0.306 e. The third-order valence-electron chi connectivity index (χ3n) is 11.2. The first-order valence-electron chi connectivity index (χ1n) is 26.8. The van der Waals surface area contributed by atoms with Crippen molar-refractivity contribution < 1.29 is 28.6 Å². The number of esters is 3. The van der Waals surface area contributed by atoms with E-state index in [9.17, 15) is 14.4 Å². The number of ether oxygens (including phenoxy) is 3. The minimum absolute atomic E-state index is 0.0961. The summed E-state index contributed by atoms with van der Waals surface area (Å²) in [6.45, 7) is 6.40. The highest BCUT2D eigenvalue weighted by molar-refractivity contribution is 5.71. The van der Waals surface area contributed by atoms with Crippen molar-refractivity contribution in [3.8, 4) is 0 Å². The van der Waals surface area contributed by atoms with Gasteiger partial charge >= 0.3 is 17.9 Å². The summed E-state index contributed by atoms with van der Waals surface area (Å²) in [4.78, 5) is 38.0. The van der Waals surface area contributed by atoms with Gasteiger partial charge in [0.1, 0.15) is 13.2 Å². The van der Waals surface area contributed by atoms with E-state index in [0.717, 1.165) is 116 Å². The van der Waals surface area contributed by atoms with E-state index in [1.54, 1.807) is 0 Å². The van der Waals surface area contributed by atoms with Gasteiger partial charge in [-0.25, -0.2) is 0 Å². The SMILES string of the molecule is CC/C=C\C/C=C\CCCCCCCC(=O)OCC(COC(=O)CCCCCCC\C=C/C=C\C=C/C=C\C=C/CCC)OC(=O)CCCCCCCCC/C=C\CCCCCCCC. The molecule has 0 N–H and O–H groups in total. The van der Waals surface area contributed by atoms with E-state index in [1.165, 1.54) is 83.5 Å². The summed E-state index contributed by atoms with van der Waals surface area (Å²) in [5.41, 5.74) is 0. The summed E-state index contributed by atoms with van der Waals surface area (Å²) in [6, 6.07) is 0. The lowest BCUT2D eigenvalue weighted by Crippen LogP contribution is -2.30. The molecular weight excluding hydrogens is 805 g/mol. The first kappa shape index (κ1) is 61.3. The van der Waals surface area contributed by atoms with Gasteiger partial charge in [0.2, 0.25) is 0 Å². The molecule has 0 heterocycles. The van der Waals surface area contributed by atoms with Crippen LogP contribution in [0.5, 0.6) is 0 Å². The van der Waals surface area contributed by atoms with Crippen LogP contribution in [0.4, 0.5) is 0 Å². The standard InChI is InChI=1S/C59H98O6/c1-4-7-10-13-16-19-22-25-27-29-31-32-34-37-40-43-46-49-52-58(61)64-55-56(54-63-57(60)51-48-45-42-39-36-24-21-18-15-12-9-6-3)65-59(62)53-50-47-44-41-38-35-33-30-28-26-23-20-17-14-11-8-5-2/h9-10,12-13,16,18-19,21-22,25-29,31-32,56H,4-8,11,14-15,17,20,23-24,30,33-55H2,1-3H3/b12-9-,13-10-,19-16-,21-18-,25-22-,28-26-,29-27-,32-31-. The number of unbranched alkanes of at least 4 members (excludes halogenated alkanes) is 24. The number of hydrogen-bond donors (Lipinski definition) is 0. The maximum Gasteiger partial charge on any atom is 0.306 e. The van der Waals surface area contributed by atoms with Crippen molar-refractivity contribution in [1.82, 2.24) is 0 Å². The van der Waals surface area contributed by atoms with Gasteiger partial charge in [-0.1, -0.05) is 227 Å². The van der Waals surface area contributed by atoms with Gasteiger partial charge in [-0.05, 0) is 89.9 Å². The summed E-state index contributed by atoms with van der Waals surface area (Å²) in [7, 11) is 0. The molecule has 1 unspecified atom stereocenters. The Kier molecular flexibility index (Phi) is 50.0. The molecule has 0 bridgehead atoms. The quantitative estimate of drug-likeness (QED) is 0.0199. The van der Waals surface area contributed by atoms with Crippen molar-refractivity contribution in [2.24, 2.45) is 0 Å². The van der Waals surface area contributed by atoms with Crippen LogP contribution in [0.15, 0.2) is 97.2 Å². The highest BCUT2D eigenvalue weighted by Crippen LogP contribution is 2.14. The van der Waals surface area contributed by atoms with Crippen LogP contribution in [-0.4, -0.2) is 37.2 Å². The van der Waals surface area contributed by atoms with Crippen molar-refractivity contribution in [3.63, 3.8) is 0 Å². The zero-order valence-electron chi connectivity index (χ0n) is 42.2. The fourth-order valence-electron chi connectivity index (χ4n) is 7.15. The zero-order chi connectivity index (χ0) is 47.2. The van der Waals surface area contributed by atoms with Crippen LogP contribution < -0.4 is 0 Å². The summed E-state index contributed by atoms with van der Waals surface area (Å²) in [5.74, 6) is -0.940. The minimum Gasteiger partial charge on any atom is -0.462 e. The molecule has 65 heavy (non-hydrogen) atoms. The Balaban J connectivity index is 4.45. The highest BCUT2D eigenvalue weighted by Gasteiger charge is 2.19. The van der Waals surface area contributed by atoms with Gasteiger partial charge in [-0.15, -0.1) is 0 Å². The van der Waals surface area contributed by atoms with Gasteiger partial charge in [0.15, 0.2) is 6.10 Å². The summed E-state index contributed by atoms with van der Waals surface area (Å²) in [6.07, 6.45) is 69.6. The average Bonchev–Trinajstić information content (AvgIpc) is 3.30. The molecule has 0 rings (SSSR count). The van der Waals surface area contributed by atoms with Crippen LogP contribution >= 0.6 is 0 Å². The van der Waals surface area contributed by atoms with E-state index in [2.05, 4.69) is 93.7 Å². The maximum absolute atomic E-state index is 12.8. The van der Waals surface area contributed by atoms with E-state index in [4.69, 9.17) is 14.2 Å². The molecule has 0 radical (unpaired) electrons. The topological polar surface area (TPSA) is 78.9 Å². The second-order valence-electron chi connectivity index (χ2n) is 17.5. The molecule has 0 fully saturated rings. The van der Waals surface area contributed by atoms with Crippen LogP contribution in [0.25, 0.3) is 0 Å². The number of carbonyl (C=O) groups excluding carboxylic acids is 3. The molecule has 0 saturated carbocycles. The first-order valence-corrected chi connectivity index (χ1v) is 26.8. The Labute approximate surface area is 400 Å². The Morgan fingerprint density at radius 2 is 0.692 bits per heavy atom. The van der Waals surface area contributed by atoms with Gasteiger partial charge < -0.3 is 14.2 Å². The zero-order valence-corrected chi connectivity index (χ0v) is 42.2. The van der Waals surface area contributed by atoms with E-state index in [0.29, 0.717) is 19.3 Å². The molecule has 0 aromatic heterocycles. The maximum atomic E-state index is 12.8. The van der Waals surface area contributed by atoms with Gasteiger partial charge in [0.25, 0.3) is 0 Å². The summed E-state index contributed by atoms with van der Waals surface area (Å²) >= 11 is 0. The normalized spacial score (nSPS) is 12.8. The lowest BCUT2D eigenvalue weighted by atomic mass is 10.1. The van der Waals surface area contributed by atoms with Crippen molar-refractivity contribution in [1.29, 1.82) is 0 Å². The molecule has 6 nitrogen and oxygen atoms in total. The molecule has 0 aromatic rings. The van der Waals surface area contributed by atoms with Gasteiger partial charge in [-0.3, -0.25) is 14.4 Å². The fraction of sp³-hybridized carbons (Fsp3) is 0.678. The van der Waals surface area contributed by atoms with Crippen LogP contribution in [-0.2, 0) is 28.6 Å². The highest BCUT2D eigenvalue weighted by atomic mass is 16.6. The number of hydrogen-bond acceptors (Lipinski definition) is 6. The first-order chi connectivity index (χ1) is 32.0. The Hall–Kier alpha value is -3.67. The predicted molar refractivity (Wildman–Crippen MR) is 279 cm³/mol. The molecule has 0 aliphatic carbocycles. The molecule has 0 saturated heterocycles. The van der Waals surface area contributed by atoms with Gasteiger partial charge in [0.05, 0.1) is 0 Å². The number of allylic oxidation sites excluding steroid dienone is 16. The average molecular weight is 903 g/mol.